The number of nitrogens with two attached hydrogens (primary N) is 1. The van der Waals surface area contributed by atoms with Gasteiger partial charge in [0.2, 0.25) is 0 Å². The van der Waals surface area contributed by atoms with Crippen molar-refractivity contribution in [3.8, 4) is 0 Å². The summed E-state index contributed by atoms with van der Waals surface area (Å²) in [7, 11) is 0. The van der Waals surface area contributed by atoms with Gasteiger partial charge in [0.25, 0.3) is 0 Å². The van der Waals surface area contributed by atoms with Crippen LogP contribution in [-0.2, 0) is 6.42 Å². The molecule has 0 aliphatic rings. The van der Waals surface area contributed by atoms with Crippen LogP contribution in [0.4, 0.5) is 8.78 Å². The maximum Gasteiger partial charge on any atom is 0.182 e. The number of ketones is 1. The highest BCUT2D eigenvalue weighted by atomic mass is 19.1. The Morgan fingerprint density at radius 1 is 1.11 bits per heavy atom. The maximum atomic E-state index is 13.5. The van der Waals surface area contributed by atoms with Crippen molar-refractivity contribution >= 4 is 5.78 Å². The summed E-state index contributed by atoms with van der Waals surface area (Å²) in [5.41, 5.74) is 6.33. The Morgan fingerprint density at radius 2 is 1.79 bits per heavy atom. The molecule has 19 heavy (non-hydrogen) atoms. The molecule has 0 spiro atoms. The first-order chi connectivity index (χ1) is 9.08. The molecule has 1 unspecified atom stereocenters. The average molecular weight is 261 g/mol. The fourth-order valence-corrected chi connectivity index (χ4v) is 1.85. The summed E-state index contributed by atoms with van der Waals surface area (Å²) in [6, 6.07) is 11.0. The van der Waals surface area contributed by atoms with E-state index in [9.17, 15) is 13.6 Å². The topological polar surface area (TPSA) is 43.1 Å². The first-order valence-electron chi connectivity index (χ1n) is 5.86. The minimum Gasteiger partial charge on any atom is -0.321 e. The third-order valence-electron chi connectivity index (χ3n) is 2.83. The van der Waals surface area contributed by atoms with Crippen LogP contribution in [0.5, 0.6) is 0 Å². The quantitative estimate of drug-likeness (QED) is 0.860. The van der Waals surface area contributed by atoms with Crippen molar-refractivity contribution in [3.63, 3.8) is 0 Å². The number of benzene rings is 2. The van der Waals surface area contributed by atoms with E-state index in [2.05, 4.69) is 0 Å². The zero-order valence-corrected chi connectivity index (χ0v) is 10.1. The van der Waals surface area contributed by atoms with Crippen molar-refractivity contribution in [2.24, 2.45) is 5.73 Å². The molecule has 0 aliphatic heterocycles. The lowest BCUT2D eigenvalue weighted by Crippen LogP contribution is -2.33. The number of Topliss-reactive ketones (excluding diaryl/α,β-unsaturated/α-hetero) is 1. The Bertz CT molecular complexity index is 584. The van der Waals surface area contributed by atoms with Crippen molar-refractivity contribution in [1.29, 1.82) is 0 Å². The highest BCUT2D eigenvalue weighted by Crippen LogP contribution is 2.13. The van der Waals surface area contributed by atoms with E-state index in [1.54, 1.807) is 0 Å². The lowest BCUT2D eigenvalue weighted by molar-refractivity contribution is 0.0956. The van der Waals surface area contributed by atoms with Crippen molar-refractivity contribution < 1.29 is 13.6 Å². The summed E-state index contributed by atoms with van der Waals surface area (Å²) >= 11 is 0. The van der Waals surface area contributed by atoms with Crippen LogP contribution < -0.4 is 5.73 Å². The van der Waals surface area contributed by atoms with Gasteiger partial charge in [0.1, 0.15) is 11.6 Å². The van der Waals surface area contributed by atoms with Gasteiger partial charge in [0.15, 0.2) is 5.78 Å². The van der Waals surface area contributed by atoms with E-state index >= 15 is 0 Å². The van der Waals surface area contributed by atoms with Crippen LogP contribution in [0.25, 0.3) is 0 Å². The summed E-state index contributed by atoms with van der Waals surface area (Å²) in [4.78, 5) is 12.0. The van der Waals surface area contributed by atoms with Crippen LogP contribution in [0.1, 0.15) is 15.9 Å². The van der Waals surface area contributed by atoms with Crippen LogP contribution in [0.15, 0.2) is 48.5 Å². The van der Waals surface area contributed by atoms with E-state index in [1.807, 2.05) is 30.3 Å². The fraction of sp³-hybridized carbons (Fsp3) is 0.133. The summed E-state index contributed by atoms with van der Waals surface area (Å²) in [5, 5.41) is 0. The number of halogens is 2. The van der Waals surface area contributed by atoms with Crippen molar-refractivity contribution in [2.45, 2.75) is 12.5 Å². The van der Waals surface area contributed by atoms with Crippen molar-refractivity contribution in [1.82, 2.24) is 0 Å². The minimum atomic E-state index is -0.890. The molecule has 0 aliphatic carbocycles. The van der Waals surface area contributed by atoms with Gasteiger partial charge in [0, 0.05) is 0 Å². The Hall–Kier alpha value is -2.07. The second-order valence-electron chi connectivity index (χ2n) is 4.28. The monoisotopic (exact) mass is 261 g/mol. The molecule has 2 aromatic carbocycles. The Kier molecular flexibility index (Phi) is 4.02. The average Bonchev–Trinajstić information content (AvgIpc) is 2.42. The number of carbonyl (C=O) groups is 1. The second-order valence-corrected chi connectivity index (χ2v) is 4.28. The molecule has 0 saturated carbocycles. The van der Waals surface area contributed by atoms with E-state index in [0.717, 1.165) is 23.8 Å². The zero-order chi connectivity index (χ0) is 13.8. The number of rotatable bonds is 4. The predicted molar refractivity (Wildman–Crippen MR) is 68.8 cm³/mol. The lowest BCUT2D eigenvalue weighted by Gasteiger charge is -2.11. The third-order valence-corrected chi connectivity index (χ3v) is 2.83. The third kappa shape index (κ3) is 3.23. The molecule has 0 aromatic heterocycles. The standard InChI is InChI=1S/C15H13F2NO/c16-11-6-7-13(17)12(9-11)15(19)14(18)8-10-4-2-1-3-5-10/h1-7,9,14H,8,18H2. The van der Waals surface area contributed by atoms with Gasteiger partial charge in [-0.2, -0.15) is 0 Å². The summed E-state index contributed by atoms with van der Waals surface area (Å²) in [6.45, 7) is 0. The fourth-order valence-electron chi connectivity index (χ4n) is 1.85. The van der Waals surface area contributed by atoms with Gasteiger partial charge in [-0.1, -0.05) is 30.3 Å². The van der Waals surface area contributed by atoms with Gasteiger partial charge in [-0.15, -0.1) is 0 Å². The number of hydrogen-bond donors (Lipinski definition) is 1. The normalized spacial score (nSPS) is 12.2. The molecule has 0 bridgehead atoms. The molecule has 0 heterocycles. The number of carbonyl (C=O) groups excluding carboxylic acids is 1. The van der Waals surface area contributed by atoms with Crippen LogP contribution in [-0.4, -0.2) is 11.8 Å². The molecule has 2 aromatic rings. The molecule has 1 atom stereocenters. The van der Waals surface area contributed by atoms with Gasteiger partial charge in [0.05, 0.1) is 11.6 Å². The summed E-state index contributed by atoms with van der Waals surface area (Å²) < 4.78 is 26.5. The second kappa shape index (κ2) is 5.71. The molecule has 0 amide bonds. The van der Waals surface area contributed by atoms with E-state index in [1.165, 1.54) is 0 Å². The molecule has 0 saturated heterocycles. The molecule has 2 nitrogen and oxygen atoms in total. The van der Waals surface area contributed by atoms with E-state index < -0.39 is 23.5 Å². The first kappa shape index (κ1) is 13.4. The van der Waals surface area contributed by atoms with Crippen LogP contribution in [0.2, 0.25) is 0 Å². The molecule has 4 heteroatoms. The molecule has 98 valence electrons. The van der Waals surface area contributed by atoms with Crippen LogP contribution in [0, 0.1) is 11.6 Å². The number of hydrogen-bond acceptors (Lipinski definition) is 2. The van der Waals surface area contributed by atoms with Gasteiger partial charge < -0.3 is 5.73 Å². The summed E-state index contributed by atoms with van der Waals surface area (Å²) in [5.74, 6) is -2.01. The van der Waals surface area contributed by atoms with E-state index in [0.29, 0.717) is 0 Å². The van der Waals surface area contributed by atoms with Gasteiger partial charge >= 0.3 is 0 Å². The molecule has 2 N–H and O–H groups in total. The first-order valence-corrected chi connectivity index (χ1v) is 5.86. The van der Waals surface area contributed by atoms with E-state index in [4.69, 9.17) is 5.73 Å². The van der Waals surface area contributed by atoms with Gasteiger partial charge in [-0.05, 0) is 30.2 Å². The largest absolute Gasteiger partial charge is 0.321 e. The van der Waals surface area contributed by atoms with Gasteiger partial charge in [-0.3, -0.25) is 4.79 Å². The molecular formula is C15H13F2NO. The Labute approximate surface area is 109 Å². The molecule has 0 fully saturated rings. The highest BCUT2D eigenvalue weighted by molar-refractivity contribution is 6.00. The van der Waals surface area contributed by atoms with Crippen molar-refractivity contribution in [2.75, 3.05) is 0 Å². The minimum absolute atomic E-state index is 0.287. The SMILES string of the molecule is NC(Cc1ccccc1)C(=O)c1cc(F)ccc1F. The molecular weight excluding hydrogens is 248 g/mol. The lowest BCUT2D eigenvalue weighted by atomic mass is 9.98. The smallest absolute Gasteiger partial charge is 0.182 e. The van der Waals surface area contributed by atoms with Crippen LogP contribution in [0.3, 0.4) is 0 Å². The Morgan fingerprint density at radius 3 is 2.47 bits per heavy atom. The van der Waals surface area contributed by atoms with Gasteiger partial charge in [-0.25, -0.2) is 8.78 Å². The summed E-state index contributed by atoms with van der Waals surface area (Å²) in [6.07, 6.45) is 0.287. The maximum absolute atomic E-state index is 13.5. The van der Waals surface area contributed by atoms with Crippen LogP contribution >= 0.6 is 0 Å². The Balaban J connectivity index is 2.17. The highest BCUT2D eigenvalue weighted by Gasteiger charge is 2.20. The zero-order valence-electron chi connectivity index (χ0n) is 10.1. The van der Waals surface area contributed by atoms with E-state index in [-0.39, 0.29) is 12.0 Å². The molecule has 0 radical (unpaired) electrons. The predicted octanol–water partition coefficient (Wildman–Crippen LogP) is 2.72. The molecule has 2 rings (SSSR count). The van der Waals surface area contributed by atoms with Crippen molar-refractivity contribution in [3.05, 3.63) is 71.3 Å².